The molecule has 2 nitrogen and oxygen atoms in total. The minimum absolute atomic E-state index is 0.117. The first kappa shape index (κ1) is 11.6. The first-order valence-electron chi connectivity index (χ1n) is 5.99. The van der Waals surface area contributed by atoms with Crippen LogP contribution in [0, 0.1) is 5.82 Å². The Morgan fingerprint density at radius 2 is 1.94 bits per heavy atom. The average molecular weight is 222 g/mol. The maximum atomic E-state index is 13.7. The highest BCUT2D eigenvalue weighted by Gasteiger charge is 2.12. The Bertz CT molecular complexity index is 346. The lowest BCUT2D eigenvalue weighted by atomic mass is 10.1. The van der Waals surface area contributed by atoms with Crippen LogP contribution in [-0.4, -0.2) is 18.0 Å². The molecule has 1 saturated heterocycles. The molecule has 1 fully saturated rings. The molecule has 0 spiro atoms. The zero-order chi connectivity index (χ0) is 11.4. The molecule has 1 aromatic carbocycles. The van der Waals surface area contributed by atoms with Crippen molar-refractivity contribution in [2.75, 3.05) is 13.1 Å². The van der Waals surface area contributed by atoms with Crippen molar-refractivity contribution >= 4 is 0 Å². The van der Waals surface area contributed by atoms with Gasteiger partial charge in [0.2, 0.25) is 0 Å². The molecule has 16 heavy (non-hydrogen) atoms. The van der Waals surface area contributed by atoms with E-state index in [1.54, 1.807) is 6.07 Å². The molecule has 0 bridgehead atoms. The predicted molar refractivity (Wildman–Crippen MR) is 63.4 cm³/mol. The number of nitrogens with zero attached hydrogens (tertiary/aromatic N) is 1. The van der Waals surface area contributed by atoms with Gasteiger partial charge in [0.15, 0.2) is 0 Å². The Morgan fingerprint density at radius 1 is 1.19 bits per heavy atom. The quantitative estimate of drug-likeness (QED) is 0.850. The summed E-state index contributed by atoms with van der Waals surface area (Å²) in [6.07, 6.45) is 3.79. The first-order chi connectivity index (χ1) is 7.79. The number of hydrogen-bond acceptors (Lipinski definition) is 2. The van der Waals surface area contributed by atoms with E-state index in [1.807, 2.05) is 12.1 Å². The van der Waals surface area contributed by atoms with Crippen LogP contribution < -0.4 is 5.73 Å². The second kappa shape index (κ2) is 5.41. The van der Waals surface area contributed by atoms with Gasteiger partial charge in [-0.05, 0) is 37.6 Å². The van der Waals surface area contributed by atoms with Gasteiger partial charge in [-0.15, -0.1) is 0 Å². The third-order valence-corrected chi connectivity index (χ3v) is 3.20. The van der Waals surface area contributed by atoms with Crippen molar-refractivity contribution in [3.63, 3.8) is 0 Å². The molecule has 88 valence electrons. The van der Waals surface area contributed by atoms with E-state index in [2.05, 4.69) is 4.90 Å². The lowest BCUT2D eigenvalue weighted by Gasteiger charge is -2.26. The summed E-state index contributed by atoms with van der Waals surface area (Å²) in [5.74, 6) is -0.117. The van der Waals surface area contributed by atoms with Crippen molar-refractivity contribution in [3.05, 3.63) is 35.1 Å². The molecule has 0 aliphatic carbocycles. The molecule has 0 unspecified atom stereocenters. The SMILES string of the molecule is NCc1ccc(CN2CCCCC2)c(F)c1. The molecule has 1 heterocycles. The Morgan fingerprint density at radius 3 is 2.56 bits per heavy atom. The van der Waals surface area contributed by atoms with Gasteiger partial charge >= 0.3 is 0 Å². The Balaban J connectivity index is 2.03. The molecule has 0 amide bonds. The van der Waals surface area contributed by atoms with Crippen LogP contribution in [0.3, 0.4) is 0 Å². The van der Waals surface area contributed by atoms with Crippen molar-refractivity contribution in [2.24, 2.45) is 5.73 Å². The van der Waals surface area contributed by atoms with E-state index in [4.69, 9.17) is 5.73 Å². The summed E-state index contributed by atoms with van der Waals surface area (Å²) in [5.41, 5.74) is 7.13. The second-order valence-corrected chi connectivity index (χ2v) is 4.47. The zero-order valence-corrected chi connectivity index (χ0v) is 9.58. The molecule has 0 saturated carbocycles. The molecule has 0 aromatic heterocycles. The van der Waals surface area contributed by atoms with Crippen molar-refractivity contribution < 1.29 is 4.39 Å². The monoisotopic (exact) mass is 222 g/mol. The fraction of sp³-hybridized carbons (Fsp3) is 0.538. The van der Waals surface area contributed by atoms with Crippen LogP contribution in [0.5, 0.6) is 0 Å². The van der Waals surface area contributed by atoms with Gasteiger partial charge in [0.1, 0.15) is 5.82 Å². The molecule has 2 N–H and O–H groups in total. The van der Waals surface area contributed by atoms with Crippen molar-refractivity contribution in [2.45, 2.75) is 32.4 Å². The van der Waals surface area contributed by atoms with Gasteiger partial charge in [-0.2, -0.15) is 0 Å². The normalized spacial score (nSPS) is 17.6. The molecular formula is C13H19FN2. The van der Waals surface area contributed by atoms with Crippen LogP contribution >= 0.6 is 0 Å². The number of rotatable bonds is 3. The van der Waals surface area contributed by atoms with Crippen LogP contribution in [0.4, 0.5) is 4.39 Å². The van der Waals surface area contributed by atoms with Gasteiger partial charge in [-0.25, -0.2) is 4.39 Å². The van der Waals surface area contributed by atoms with E-state index >= 15 is 0 Å². The Labute approximate surface area is 96.2 Å². The van der Waals surface area contributed by atoms with Gasteiger partial charge in [0.05, 0.1) is 0 Å². The minimum Gasteiger partial charge on any atom is -0.326 e. The number of likely N-dealkylation sites (tertiary alicyclic amines) is 1. The van der Waals surface area contributed by atoms with Crippen LogP contribution in [0.25, 0.3) is 0 Å². The smallest absolute Gasteiger partial charge is 0.128 e. The molecule has 0 atom stereocenters. The number of nitrogens with two attached hydrogens (primary N) is 1. The fourth-order valence-electron chi connectivity index (χ4n) is 2.20. The lowest BCUT2D eigenvalue weighted by Crippen LogP contribution is -2.29. The Hall–Kier alpha value is -0.930. The second-order valence-electron chi connectivity index (χ2n) is 4.47. The van der Waals surface area contributed by atoms with E-state index in [0.717, 1.165) is 30.8 Å². The molecular weight excluding hydrogens is 203 g/mol. The highest BCUT2D eigenvalue weighted by molar-refractivity contribution is 5.24. The predicted octanol–water partition coefficient (Wildman–Crippen LogP) is 2.27. The van der Waals surface area contributed by atoms with Gasteiger partial charge in [0, 0.05) is 18.7 Å². The largest absolute Gasteiger partial charge is 0.326 e. The van der Waals surface area contributed by atoms with Crippen LogP contribution in [-0.2, 0) is 13.1 Å². The lowest BCUT2D eigenvalue weighted by molar-refractivity contribution is 0.218. The van der Waals surface area contributed by atoms with E-state index < -0.39 is 0 Å². The van der Waals surface area contributed by atoms with Crippen molar-refractivity contribution in [1.29, 1.82) is 0 Å². The third kappa shape index (κ3) is 2.80. The summed E-state index contributed by atoms with van der Waals surface area (Å²) in [6, 6.07) is 5.34. The third-order valence-electron chi connectivity index (χ3n) is 3.20. The molecule has 1 aromatic rings. The van der Waals surface area contributed by atoms with Crippen LogP contribution in [0.2, 0.25) is 0 Å². The number of benzene rings is 1. The van der Waals surface area contributed by atoms with Crippen molar-refractivity contribution in [1.82, 2.24) is 4.90 Å². The van der Waals surface area contributed by atoms with Crippen molar-refractivity contribution in [3.8, 4) is 0 Å². The first-order valence-corrected chi connectivity index (χ1v) is 5.99. The van der Waals surface area contributed by atoms with Gasteiger partial charge in [0.25, 0.3) is 0 Å². The van der Waals surface area contributed by atoms with E-state index in [-0.39, 0.29) is 5.82 Å². The van der Waals surface area contributed by atoms with E-state index in [9.17, 15) is 4.39 Å². The standard InChI is InChI=1S/C13H19FN2/c14-13-8-11(9-15)4-5-12(13)10-16-6-2-1-3-7-16/h4-5,8H,1-3,6-7,9-10,15H2. The maximum absolute atomic E-state index is 13.7. The molecule has 1 aliphatic rings. The number of piperidine rings is 1. The molecule has 3 heteroatoms. The molecule has 0 radical (unpaired) electrons. The average Bonchev–Trinajstić information content (AvgIpc) is 2.33. The zero-order valence-electron chi connectivity index (χ0n) is 9.58. The van der Waals surface area contributed by atoms with Gasteiger partial charge in [-0.3, -0.25) is 4.90 Å². The summed E-state index contributed by atoms with van der Waals surface area (Å²) in [4.78, 5) is 2.32. The Kier molecular flexibility index (Phi) is 3.91. The van der Waals surface area contributed by atoms with Crippen LogP contribution in [0.15, 0.2) is 18.2 Å². The topological polar surface area (TPSA) is 29.3 Å². The minimum atomic E-state index is -0.117. The fourth-order valence-corrected chi connectivity index (χ4v) is 2.20. The van der Waals surface area contributed by atoms with Gasteiger partial charge in [-0.1, -0.05) is 18.6 Å². The number of hydrogen-bond donors (Lipinski definition) is 1. The highest BCUT2D eigenvalue weighted by atomic mass is 19.1. The summed E-state index contributed by atoms with van der Waals surface area (Å²) in [5, 5.41) is 0. The molecule has 1 aliphatic heterocycles. The summed E-state index contributed by atoms with van der Waals surface area (Å²) in [7, 11) is 0. The summed E-state index contributed by atoms with van der Waals surface area (Å²) < 4.78 is 13.7. The summed E-state index contributed by atoms with van der Waals surface area (Å²) in [6.45, 7) is 3.33. The molecule has 2 rings (SSSR count). The van der Waals surface area contributed by atoms with E-state index in [1.165, 1.54) is 19.3 Å². The van der Waals surface area contributed by atoms with E-state index in [0.29, 0.717) is 6.54 Å². The van der Waals surface area contributed by atoms with Gasteiger partial charge < -0.3 is 5.73 Å². The highest BCUT2D eigenvalue weighted by Crippen LogP contribution is 2.16. The maximum Gasteiger partial charge on any atom is 0.128 e. The van der Waals surface area contributed by atoms with Crippen LogP contribution in [0.1, 0.15) is 30.4 Å². The summed E-state index contributed by atoms with van der Waals surface area (Å²) >= 11 is 0. The number of halogens is 1.